The summed E-state index contributed by atoms with van der Waals surface area (Å²) in [4.78, 5) is 11.9. The van der Waals surface area contributed by atoms with E-state index in [0.717, 1.165) is 28.1 Å². The second-order valence-electron chi connectivity index (χ2n) is 8.30. The van der Waals surface area contributed by atoms with Crippen LogP contribution in [0.1, 0.15) is 28.5 Å². The van der Waals surface area contributed by atoms with E-state index in [1.807, 2.05) is 53.4 Å². The van der Waals surface area contributed by atoms with Gasteiger partial charge in [0.05, 0.1) is 36.6 Å². The Balaban J connectivity index is 1.75. The topological polar surface area (TPSA) is 113 Å². The normalized spacial score (nSPS) is 11.3. The molecule has 2 aromatic carbocycles. The van der Waals surface area contributed by atoms with Crippen LogP contribution < -0.4 is 4.74 Å². The predicted octanol–water partition coefficient (Wildman–Crippen LogP) is 3.78. The second-order valence-corrected chi connectivity index (χ2v) is 8.30. The van der Waals surface area contributed by atoms with Gasteiger partial charge in [0.2, 0.25) is 0 Å². The molecular weight excluding hydrogens is 446 g/mol. The molecule has 0 aliphatic heterocycles. The summed E-state index contributed by atoms with van der Waals surface area (Å²) in [6, 6.07) is 13.0. The number of carboxylic acids is 1. The highest BCUT2D eigenvalue weighted by Crippen LogP contribution is 2.32. The predicted molar refractivity (Wildman–Crippen MR) is 130 cm³/mol. The van der Waals surface area contributed by atoms with Crippen LogP contribution in [0.25, 0.3) is 33.8 Å². The third kappa shape index (κ3) is 3.92. The zero-order valence-electron chi connectivity index (χ0n) is 19.9. The fourth-order valence-electron chi connectivity index (χ4n) is 4.28. The number of hydrogen-bond acceptors (Lipinski definition) is 6. The van der Waals surface area contributed by atoms with Gasteiger partial charge in [-0.25, -0.2) is 4.79 Å². The lowest BCUT2D eigenvalue weighted by atomic mass is 10.0. The van der Waals surface area contributed by atoms with Gasteiger partial charge in [-0.15, -0.1) is 10.2 Å². The molecule has 0 aliphatic rings. The first kappa shape index (κ1) is 22.3. The number of carboxylic acid groups (broad SMARTS) is 1. The number of nitrogens with zero attached hydrogens (tertiary/aromatic N) is 7. The quantitative estimate of drug-likeness (QED) is 0.384. The largest absolute Gasteiger partial charge is 0.497 e. The van der Waals surface area contributed by atoms with Crippen LogP contribution in [0.3, 0.4) is 0 Å². The van der Waals surface area contributed by atoms with Crippen LogP contribution in [-0.2, 0) is 20.1 Å². The molecule has 35 heavy (non-hydrogen) atoms. The summed E-state index contributed by atoms with van der Waals surface area (Å²) in [5.74, 6) is 0.953. The van der Waals surface area contributed by atoms with Gasteiger partial charge in [-0.1, -0.05) is 12.1 Å². The maximum atomic E-state index is 11.9. The molecule has 0 unspecified atom stereocenters. The molecule has 0 bridgehead atoms. The van der Waals surface area contributed by atoms with Crippen molar-refractivity contribution in [3.05, 3.63) is 65.5 Å². The number of aryl methyl sites for hydroxylation is 3. The van der Waals surface area contributed by atoms with Gasteiger partial charge in [-0.2, -0.15) is 10.2 Å². The Morgan fingerprint density at radius 3 is 2.51 bits per heavy atom. The highest BCUT2D eigenvalue weighted by atomic mass is 16.5. The Bertz CT molecular complexity index is 1540. The Morgan fingerprint density at radius 2 is 1.83 bits per heavy atom. The summed E-state index contributed by atoms with van der Waals surface area (Å²) in [5, 5.41) is 28.6. The fourth-order valence-corrected chi connectivity index (χ4v) is 4.28. The van der Waals surface area contributed by atoms with E-state index in [9.17, 15) is 9.90 Å². The monoisotopic (exact) mass is 471 g/mol. The first-order valence-corrected chi connectivity index (χ1v) is 11.2. The van der Waals surface area contributed by atoms with Gasteiger partial charge in [0, 0.05) is 24.5 Å². The third-order valence-corrected chi connectivity index (χ3v) is 6.04. The number of benzene rings is 2. The summed E-state index contributed by atoms with van der Waals surface area (Å²) in [7, 11) is 3.42. The molecule has 0 aliphatic carbocycles. The van der Waals surface area contributed by atoms with Crippen molar-refractivity contribution in [3.8, 4) is 28.7 Å². The number of fused-ring (bicyclic) bond motifs is 1. The lowest BCUT2D eigenvalue weighted by Crippen LogP contribution is -2.08. The molecule has 5 rings (SSSR count). The van der Waals surface area contributed by atoms with Gasteiger partial charge in [0.1, 0.15) is 11.4 Å². The maximum absolute atomic E-state index is 11.9. The molecule has 0 saturated heterocycles. The lowest BCUT2D eigenvalue weighted by molar-refractivity contribution is 0.0697. The van der Waals surface area contributed by atoms with Crippen molar-refractivity contribution in [1.29, 1.82) is 0 Å². The van der Waals surface area contributed by atoms with E-state index in [4.69, 9.17) is 4.74 Å². The molecular formula is C25H25N7O3. The van der Waals surface area contributed by atoms with E-state index in [-0.39, 0.29) is 5.56 Å². The Morgan fingerprint density at radius 1 is 1.09 bits per heavy atom. The highest BCUT2D eigenvalue weighted by molar-refractivity contribution is 6.00. The minimum atomic E-state index is -1.02. The van der Waals surface area contributed by atoms with Crippen molar-refractivity contribution >= 4 is 16.9 Å². The standard InChI is InChI=1S/C25H25N7O3/c1-5-32-22(10-15(2)29-32)24-28-27-23(31(24)14-16-6-8-18(35-4)9-7-16)19-11-17(25(33)34)12-21-20(19)13-26-30(21)3/h6-13H,5,14H2,1-4H3,(H,33,34). The molecule has 178 valence electrons. The number of carbonyl (C=O) groups is 1. The van der Waals surface area contributed by atoms with Crippen molar-refractivity contribution in [2.24, 2.45) is 7.05 Å². The molecule has 0 amide bonds. The van der Waals surface area contributed by atoms with Crippen LogP contribution in [0.4, 0.5) is 0 Å². The first-order valence-electron chi connectivity index (χ1n) is 11.2. The maximum Gasteiger partial charge on any atom is 0.335 e. The van der Waals surface area contributed by atoms with Crippen molar-refractivity contribution in [2.45, 2.75) is 26.9 Å². The molecule has 1 N–H and O–H groups in total. The van der Waals surface area contributed by atoms with E-state index < -0.39 is 5.97 Å². The van der Waals surface area contributed by atoms with Crippen LogP contribution in [0.15, 0.2) is 48.7 Å². The lowest BCUT2D eigenvalue weighted by Gasteiger charge is -2.13. The van der Waals surface area contributed by atoms with E-state index in [2.05, 4.69) is 20.4 Å². The van der Waals surface area contributed by atoms with Crippen molar-refractivity contribution in [1.82, 2.24) is 34.3 Å². The second kappa shape index (κ2) is 8.71. The molecule has 0 atom stereocenters. The van der Waals surface area contributed by atoms with Crippen molar-refractivity contribution < 1.29 is 14.6 Å². The molecule has 3 aromatic heterocycles. The number of ether oxygens (including phenoxy) is 1. The Kier molecular flexibility index (Phi) is 5.56. The molecule has 10 heteroatoms. The smallest absolute Gasteiger partial charge is 0.335 e. The summed E-state index contributed by atoms with van der Waals surface area (Å²) in [5.41, 5.74) is 4.25. The van der Waals surface area contributed by atoms with Crippen molar-refractivity contribution in [2.75, 3.05) is 7.11 Å². The molecule has 0 saturated carbocycles. The van der Waals surface area contributed by atoms with Gasteiger partial charge in [-0.05, 0) is 49.7 Å². The van der Waals surface area contributed by atoms with E-state index >= 15 is 0 Å². The van der Waals surface area contributed by atoms with Crippen molar-refractivity contribution in [3.63, 3.8) is 0 Å². The Labute approximate surface area is 201 Å². The van der Waals surface area contributed by atoms with Crippen LogP contribution >= 0.6 is 0 Å². The molecule has 3 heterocycles. The van der Waals surface area contributed by atoms with Crippen LogP contribution in [-0.4, -0.2) is 52.5 Å². The third-order valence-electron chi connectivity index (χ3n) is 6.04. The highest BCUT2D eigenvalue weighted by Gasteiger charge is 2.23. The number of hydrogen-bond donors (Lipinski definition) is 1. The minimum Gasteiger partial charge on any atom is -0.497 e. The average molecular weight is 472 g/mol. The molecule has 0 fully saturated rings. The number of aromatic nitrogens is 7. The summed E-state index contributed by atoms with van der Waals surface area (Å²) in [6.45, 7) is 5.11. The van der Waals surface area contributed by atoms with Gasteiger partial charge in [0.25, 0.3) is 0 Å². The fraction of sp³-hybridized carbons (Fsp3) is 0.240. The van der Waals surface area contributed by atoms with Gasteiger partial charge in [0.15, 0.2) is 11.6 Å². The Hall–Kier alpha value is -4.47. The number of aromatic carboxylic acids is 1. The number of methoxy groups -OCH3 is 1. The summed E-state index contributed by atoms with van der Waals surface area (Å²) in [6.07, 6.45) is 1.73. The minimum absolute atomic E-state index is 0.158. The number of rotatable bonds is 7. The molecule has 0 spiro atoms. The molecule has 0 radical (unpaired) electrons. The van der Waals surface area contributed by atoms with Crippen LogP contribution in [0.5, 0.6) is 5.75 Å². The molecule has 5 aromatic rings. The SMILES string of the molecule is CCn1nc(C)cc1-c1nnc(-c2cc(C(=O)O)cc3c2cnn3C)n1Cc1ccc(OC)cc1. The zero-order chi connectivity index (χ0) is 24.7. The van der Waals surface area contributed by atoms with E-state index in [0.29, 0.717) is 35.8 Å². The zero-order valence-corrected chi connectivity index (χ0v) is 19.9. The molecule has 10 nitrogen and oxygen atoms in total. The van der Waals surface area contributed by atoms with E-state index in [1.54, 1.807) is 37.2 Å². The average Bonchev–Trinajstić information content (AvgIpc) is 3.55. The van der Waals surface area contributed by atoms with Crippen LogP contribution in [0, 0.1) is 6.92 Å². The van der Waals surface area contributed by atoms with Crippen LogP contribution in [0.2, 0.25) is 0 Å². The van der Waals surface area contributed by atoms with Gasteiger partial charge >= 0.3 is 5.97 Å². The first-order chi connectivity index (χ1) is 16.9. The van der Waals surface area contributed by atoms with Gasteiger partial charge < -0.3 is 14.4 Å². The summed E-state index contributed by atoms with van der Waals surface area (Å²) < 4.78 is 10.8. The summed E-state index contributed by atoms with van der Waals surface area (Å²) >= 11 is 0. The van der Waals surface area contributed by atoms with E-state index in [1.165, 1.54) is 0 Å². The van der Waals surface area contributed by atoms with Gasteiger partial charge in [-0.3, -0.25) is 9.36 Å².